The maximum Gasteiger partial charge on any atom is 0.0618 e. The van der Waals surface area contributed by atoms with Gasteiger partial charge in [-0.05, 0) is 135 Å². The Balaban J connectivity index is 1.03. The van der Waals surface area contributed by atoms with Gasteiger partial charge in [0.25, 0.3) is 0 Å². The van der Waals surface area contributed by atoms with Crippen LogP contribution in [0, 0.1) is 5.92 Å². The molecular formula is C57H50N3S-. The van der Waals surface area contributed by atoms with E-state index in [4.69, 9.17) is 5.32 Å². The largest absolute Gasteiger partial charge is 0.624 e. The van der Waals surface area contributed by atoms with Crippen LogP contribution >= 0.6 is 11.8 Å². The number of aryl methyl sites for hydroxylation is 1. The molecule has 0 saturated carbocycles. The highest BCUT2D eigenvalue weighted by Crippen LogP contribution is 2.58. The zero-order valence-corrected chi connectivity index (χ0v) is 35.3. The summed E-state index contributed by atoms with van der Waals surface area (Å²) in [4.78, 5) is 2.94. The summed E-state index contributed by atoms with van der Waals surface area (Å²) in [6.07, 6.45) is 36.7. The van der Waals surface area contributed by atoms with E-state index in [1.165, 1.54) is 92.6 Å². The Hall–Kier alpha value is -5.49. The number of nitrogens with one attached hydrogen (secondary N) is 2. The number of fused-ring (bicyclic) bond motifs is 9. The molecule has 2 aliphatic heterocycles. The molecule has 61 heavy (non-hydrogen) atoms. The summed E-state index contributed by atoms with van der Waals surface area (Å²) < 4.78 is 0. The second-order valence-corrected chi connectivity index (χ2v) is 18.7. The molecule has 3 nitrogen and oxygen atoms in total. The van der Waals surface area contributed by atoms with E-state index in [0.29, 0.717) is 5.92 Å². The summed E-state index contributed by atoms with van der Waals surface area (Å²) in [5.74, 6) is 0.630. The normalized spacial score (nSPS) is 25.5. The van der Waals surface area contributed by atoms with E-state index >= 15 is 0 Å². The minimum absolute atomic E-state index is 0.0419. The number of nitrogens with zero attached hydrogens (tertiary/aromatic N) is 1. The number of benzene rings is 5. The zero-order chi connectivity index (χ0) is 40.3. The van der Waals surface area contributed by atoms with Crippen molar-refractivity contribution in [1.29, 1.82) is 0 Å². The van der Waals surface area contributed by atoms with E-state index < -0.39 is 0 Å². The van der Waals surface area contributed by atoms with Gasteiger partial charge in [-0.25, -0.2) is 0 Å². The number of thioether (sulfide) groups is 1. The second-order valence-electron chi connectivity index (χ2n) is 17.6. The van der Waals surface area contributed by atoms with Crippen molar-refractivity contribution < 1.29 is 0 Å². The van der Waals surface area contributed by atoms with E-state index in [2.05, 4.69) is 175 Å². The maximum absolute atomic E-state index is 5.67. The molecule has 5 aliphatic carbocycles. The van der Waals surface area contributed by atoms with Crippen LogP contribution in [0.1, 0.15) is 90.4 Å². The molecule has 1 fully saturated rings. The minimum atomic E-state index is -0.197. The van der Waals surface area contributed by atoms with Crippen LogP contribution in [0.2, 0.25) is 0 Å². The van der Waals surface area contributed by atoms with Crippen LogP contribution in [0.3, 0.4) is 0 Å². The van der Waals surface area contributed by atoms with Gasteiger partial charge < -0.3 is 16.0 Å². The summed E-state index contributed by atoms with van der Waals surface area (Å²) in [6, 6.07) is 34.2. The Kier molecular flexibility index (Phi) is 9.63. The smallest absolute Gasteiger partial charge is 0.0618 e. The number of rotatable bonds is 6. The average Bonchev–Trinajstić information content (AvgIpc) is 3.73. The first-order chi connectivity index (χ1) is 30.2. The molecule has 300 valence electrons. The standard InChI is InChI=1S/C57H50N3S/c1-4-16-36(17-5-1)37-28-30-40(31-29-37)56-58-55(39-20-8-3-9-21-39)59-57(60-56)42-34-48(53-47-26-13-12-23-44(47)43-22-10-11-24-45(43)50(53)35-42)41-32-49(38-18-6-2-7-19-38)54-51(33-41)46-25-14-15-27-52(46)61-54/h1-2,4-6,8,10-11,13-18,20-22,24-30,32,34-35,40,51,55-58,60H,3,7,9,12,19,23,31,33H2/q-1. The van der Waals surface area contributed by atoms with Crippen LogP contribution in [-0.4, -0.2) is 12.3 Å². The molecule has 0 bridgehead atoms. The van der Waals surface area contributed by atoms with Crippen molar-refractivity contribution in [2.45, 2.75) is 80.7 Å². The van der Waals surface area contributed by atoms with Gasteiger partial charge in [0.1, 0.15) is 0 Å². The molecular weight excluding hydrogens is 759 g/mol. The second kappa shape index (κ2) is 15.8. The number of allylic oxidation sites excluding steroid dienone is 14. The number of hydrogen-bond acceptors (Lipinski definition) is 3. The molecule has 1 saturated heterocycles. The van der Waals surface area contributed by atoms with Crippen LogP contribution < -0.4 is 10.6 Å². The lowest BCUT2D eigenvalue weighted by Crippen LogP contribution is -2.57. The van der Waals surface area contributed by atoms with E-state index in [9.17, 15) is 0 Å². The fourth-order valence-corrected chi connectivity index (χ4v) is 12.3. The van der Waals surface area contributed by atoms with Crippen molar-refractivity contribution in [3.63, 3.8) is 0 Å². The van der Waals surface area contributed by atoms with E-state index in [1.807, 2.05) is 11.8 Å². The van der Waals surface area contributed by atoms with Gasteiger partial charge in [-0.2, -0.15) is 0 Å². The SMILES string of the molecule is C1=CCCC(C2=C3Sc4ccccc4C3CC(c3cc(C4[N-]C(C5=CCCC=C5)NC(C5C=CC(c6ccccc6)=CC5)N4)cc4c3c3c(c5ccccc54)CCC=C3)=C2)=C1. The highest BCUT2D eigenvalue weighted by molar-refractivity contribution is 8.03. The van der Waals surface area contributed by atoms with Crippen molar-refractivity contribution in [3.05, 3.63) is 218 Å². The first kappa shape index (κ1) is 37.3. The molecule has 7 aliphatic rings. The lowest BCUT2D eigenvalue weighted by Gasteiger charge is -2.52. The monoisotopic (exact) mass is 808 g/mol. The molecule has 5 unspecified atom stereocenters. The summed E-state index contributed by atoms with van der Waals surface area (Å²) in [6.45, 7) is 0. The van der Waals surface area contributed by atoms with Crippen molar-refractivity contribution in [3.8, 4) is 0 Å². The fraction of sp³-hybridized carbons (Fsp3) is 0.228. The Morgan fingerprint density at radius 1 is 0.689 bits per heavy atom. The Morgan fingerprint density at radius 2 is 1.52 bits per heavy atom. The first-order valence-electron chi connectivity index (χ1n) is 22.5. The molecule has 0 amide bonds. The average molecular weight is 809 g/mol. The van der Waals surface area contributed by atoms with Gasteiger partial charge in [0.2, 0.25) is 0 Å². The summed E-state index contributed by atoms with van der Waals surface area (Å²) >= 11 is 2.01. The summed E-state index contributed by atoms with van der Waals surface area (Å²) in [5.41, 5.74) is 15.2. The molecule has 2 heterocycles. The van der Waals surface area contributed by atoms with Gasteiger partial charge in [-0.15, -0.1) is 0 Å². The van der Waals surface area contributed by atoms with E-state index in [1.54, 1.807) is 0 Å². The molecule has 2 N–H and O–H groups in total. The maximum atomic E-state index is 5.67. The van der Waals surface area contributed by atoms with Gasteiger partial charge in [-0.3, -0.25) is 0 Å². The molecule has 5 atom stereocenters. The zero-order valence-electron chi connectivity index (χ0n) is 34.5. The molecule has 5 aromatic carbocycles. The van der Waals surface area contributed by atoms with Crippen LogP contribution in [-0.2, 0) is 6.42 Å². The van der Waals surface area contributed by atoms with E-state index in [-0.39, 0.29) is 24.4 Å². The predicted molar refractivity (Wildman–Crippen MR) is 258 cm³/mol. The Labute approximate surface area is 364 Å². The molecule has 12 rings (SSSR count). The van der Waals surface area contributed by atoms with Crippen molar-refractivity contribution >= 4 is 50.5 Å². The number of hydrogen-bond donors (Lipinski definition) is 2. The molecule has 0 aromatic heterocycles. The third-order valence-corrected chi connectivity index (χ3v) is 15.3. The minimum Gasteiger partial charge on any atom is -0.624 e. The van der Waals surface area contributed by atoms with Crippen molar-refractivity contribution in [2.75, 3.05) is 0 Å². The van der Waals surface area contributed by atoms with Gasteiger partial charge in [0.05, 0.1) is 6.17 Å². The Morgan fingerprint density at radius 3 is 2.38 bits per heavy atom. The quantitative estimate of drug-likeness (QED) is 0.168. The molecule has 4 heteroatoms. The molecule has 5 aromatic rings. The summed E-state index contributed by atoms with van der Waals surface area (Å²) in [7, 11) is 0. The molecule has 0 radical (unpaired) electrons. The van der Waals surface area contributed by atoms with Crippen LogP contribution in [0.25, 0.3) is 44.1 Å². The lowest BCUT2D eigenvalue weighted by molar-refractivity contribution is 0.270. The topological polar surface area (TPSA) is 38.2 Å². The summed E-state index contributed by atoms with van der Waals surface area (Å²) in [5, 5.41) is 19.2. The van der Waals surface area contributed by atoms with Crippen LogP contribution in [0.4, 0.5) is 0 Å². The lowest BCUT2D eigenvalue weighted by atomic mass is 9.77. The third kappa shape index (κ3) is 6.72. The van der Waals surface area contributed by atoms with Crippen molar-refractivity contribution in [1.82, 2.24) is 10.6 Å². The first-order valence-corrected chi connectivity index (χ1v) is 23.3. The third-order valence-electron chi connectivity index (χ3n) is 14.0. The fourth-order valence-electron chi connectivity index (χ4n) is 11.0. The van der Waals surface area contributed by atoms with Gasteiger partial charge >= 0.3 is 0 Å². The van der Waals surface area contributed by atoms with Gasteiger partial charge in [0.15, 0.2) is 0 Å². The predicted octanol–water partition coefficient (Wildman–Crippen LogP) is 14.3. The molecule has 0 spiro atoms. The van der Waals surface area contributed by atoms with Gasteiger partial charge in [-0.1, -0.05) is 187 Å². The van der Waals surface area contributed by atoms with Crippen LogP contribution in [0.15, 0.2) is 184 Å². The highest BCUT2D eigenvalue weighted by Gasteiger charge is 2.36. The Bertz CT molecular complexity index is 2900. The van der Waals surface area contributed by atoms with Crippen LogP contribution in [0.5, 0.6) is 0 Å². The highest BCUT2D eigenvalue weighted by atomic mass is 32.2. The van der Waals surface area contributed by atoms with E-state index in [0.717, 1.165) is 51.4 Å². The van der Waals surface area contributed by atoms with Gasteiger partial charge in [0, 0.05) is 21.6 Å². The van der Waals surface area contributed by atoms with Crippen molar-refractivity contribution in [2.24, 2.45) is 5.92 Å².